The molecular weight excluding hydrogens is 330 g/mol. The molecule has 0 unspecified atom stereocenters. The summed E-state index contributed by atoms with van der Waals surface area (Å²) in [7, 11) is 0. The van der Waals surface area contributed by atoms with Gasteiger partial charge in [-0.15, -0.1) is 11.3 Å². The Labute approximate surface area is 154 Å². The first-order valence-corrected chi connectivity index (χ1v) is 9.89. The third-order valence-electron chi connectivity index (χ3n) is 4.74. The predicted molar refractivity (Wildman–Crippen MR) is 107 cm³/mol. The maximum absolute atomic E-state index is 12.5. The van der Waals surface area contributed by atoms with Crippen LogP contribution in [0.1, 0.15) is 59.2 Å². The summed E-state index contributed by atoms with van der Waals surface area (Å²) < 4.78 is 0. The van der Waals surface area contributed by atoms with E-state index in [9.17, 15) is 4.79 Å². The summed E-state index contributed by atoms with van der Waals surface area (Å²) in [5, 5.41) is 7.54. The molecule has 1 aliphatic heterocycles. The summed E-state index contributed by atoms with van der Waals surface area (Å²) in [5.74, 6) is 0.0169. The second-order valence-electron chi connectivity index (χ2n) is 6.62. The molecule has 0 aliphatic carbocycles. The van der Waals surface area contributed by atoms with Crippen molar-refractivity contribution in [1.29, 1.82) is 0 Å². The van der Waals surface area contributed by atoms with E-state index in [1.54, 1.807) is 11.3 Å². The lowest BCUT2D eigenvalue weighted by Crippen LogP contribution is -2.38. The SMILES string of the molecule is CCCN(CCC)c1ccc([C@H]2NC(=O)c3c(sc(C)c3C)N2)cc1. The number of hydrogen-bond acceptors (Lipinski definition) is 4. The van der Waals surface area contributed by atoms with Crippen LogP contribution in [0.3, 0.4) is 0 Å². The van der Waals surface area contributed by atoms with E-state index in [1.807, 2.05) is 6.92 Å². The number of amides is 1. The van der Waals surface area contributed by atoms with Gasteiger partial charge in [0.1, 0.15) is 11.2 Å². The van der Waals surface area contributed by atoms with E-state index < -0.39 is 0 Å². The average molecular weight is 358 g/mol. The van der Waals surface area contributed by atoms with E-state index in [4.69, 9.17) is 0 Å². The Hall–Kier alpha value is -2.01. The number of benzene rings is 1. The molecule has 1 aromatic heterocycles. The molecule has 1 aromatic carbocycles. The molecule has 2 heterocycles. The van der Waals surface area contributed by atoms with Crippen LogP contribution in [-0.4, -0.2) is 19.0 Å². The molecule has 134 valence electrons. The van der Waals surface area contributed by atoms with Gasteiger partial charge in [0.15, 0.2) is 0 Å². The van der Waals surface area contributed by atoms with Crippen LogP contribution >= 0.6 is 11.3 Å². The smallest absolute Gasteiger partial charge is 0.256 e. The summed E-state index contributed by atoms with van der Waals surface area (Å²) in [6, 6.07) is 8.55. The van der Waals surface area contributed by atoms with Gasteiger partial charge < -0.3 is 15.5 Å². The molecule has 0 saturated heterocycles. The maximum Gasteiger partial charge on any atom is 0.256 e. The van der Waals surface area contributed by atoms with Crippen LogP contribution in [0.25, 0.3) is 0 Å². The van der Waals surface area contributed by atoms with Crippen LogP contribution in [0.15, 0.2) is 24.3 Å². The standard InChI is InChI=1S/C20H27N3OS/c1-5-11-23(12-6-2)16-9-7-15(8-10-16)18-21-19(24)17-13(3)14(4)25-20(17)22-18/h7-10,18,22H,5-6,11-12H2,1-4H3,(H,21,24)/t18-/m0/s1. The third-order valence-corrected chi connectivity index (χ3v) is 5.88. The quantitative estimate of drug-likeness (QED) is 0.777. The largest absolute Gasteiger partial charge is 0.372 e. The molecule has 1 aliphatic rings. The van der Waals surface area contributed by atoms with E-state index in [-0.39, 0.29) is 12.1 Å². The molecule has 0 saturated carbocycles. The molecule has 2 aromatic rings. The van der Waals surface area contributed by atoms with Crippen molar-refractivity contribution in [2.45, 2.75) is 46.7 Å². The van der Waals surface area contributed by atoms with Crippen molar-refractivity contribution in [3.63, 3.8) is 0 Å². The fourth-order valence-corrected chi connectivity index (χ4v) is 4.41. The number of fused-ring (bicyclic) bond motifs is 1. The van der Waals surface area contributed by atoms with Crippen molar-refractivity contribution in [1.82, 2.24) is 5.32 Å². The van der Waals surface area contributed by atoms with Gasteiger partial charge in [0.25, 0.3) is 5.91 Å². The molecular formula is C20H27N3OS. The second kappa shape index (κ2) is 7.48. The van der Waals surface area contributed by atoms with Crippen LogP contribution in [0.5, 0.6) is 0 Å². The van der Waals surface area contributed by atoms with Crippen molar-refractivity contribution in [2.75, 3.05) is 23.3 Å². The molecule has 0 bridgehead atoms. The topological polar surface area (TPSA) is 44.4 Å². The van der Waals surface area contributed by atoms with Crippen molar-refractivity contribution in [3.05, 3.63) is 45.8 Å². The fourth-order valence-electron chi connectivity index (χ4n) is 3.33. The number of carbonyl (C=O) groups is 1. The number of nitrogens with zero attached hydrogens (tertiary/aromatic N) is 1. The lowest BCUT2D eigenvalue weighted by molar-refractivity contribution is 0.0936. The van der Waals surface area contributed by atoms with Gasteiger partial charge in [0, 0.05) is 23.7 Å². The van der Waals surface area contributed by atoms with Gasteiger partial charge in [-0.25, -0.2) is 0 Å². The Balaban J connectivity index is 1.80. The lowest BCUT2D eigenvalue weighted by Gasteiger charge is -2.28. The van der Waals surface area contributed by atoms with Gasteiger partial charge >= 0.3 is 0 Å². The third kappa shape index (κ3) is 3.52. The molecule has 0 radical (unpaired) electrons. The van der Waals surface area contributed by atoms with Crippen molar-refractivity contribution >= 4 is 27.9 Å². The highest BCUT2D eigenvalue weighted by Gasteiger charge is 2.28. The maximum atomic E-state index is 12.5. The molecule has 3 rings (SSSR count). The normalized spacial score (nSPS) is 16.2. The first-order chi connectivity index (χ1) is 12.0. The number of carbonyl (C=O) groups excluding carboxylic acids is 1. The Morgan fingerprint density at radius 2 is 1.68 bits per heavy atom. The minimum atomic E-state index is -0.169. The highest BCUT2D eigenvalue weighted by Crippen LogP contribution is 2.37. The molecule has 2 N–H and O–H groups in total. The number of anilines is 2. The van der Waals surface area contributed by atoms with Gasteiger partial charge in [-0.05, 0) is 49.9 Å². The van der Waals surface area contributed by atoms with Crippen LogP contribution in [0, 0.1) is 13.8 Å². The van der Waals surface area contributed by atoms with Gasteiger partial charge in [-0.3, -0.25) is 4.79 Å². The Bertz CT molecular complexity index is 745. The van der Waals surface area contributed by atoms with Crippen molar-refractivity contribution in [2.24, 2.45) is 0 Å². The molecule has 1 atom stereocenters. The summed E-state index contributed by atoms with van der Waals surface area (Å²) in [5.41, 5.74) is 4.21. The monoisotopic (exact) mass is 357 g/mol. The molecule has 0 spiro atoms. The highest BCUT2D eigenvalue weighted by atomic mass is 32.1. The number of rotatable bonds is 6. The van der Waals surface area contributed by atoms with Crippen molar-refractivity contribution < 1.29 is 4.79 Å². The first-order valence-electron chi connectivity index (χ1n) is 9.07. The van der Waals surface area contributed by atoms with Crippen LogP contribution in [0.4, 0.5) is 10.7 Å². The summed E-state index contributed by atoms with van der Waals surface area (Å²) in [6.45, 7) is 10.6. The number of thiophene rings is 1. The van der Waals surface area contributed by atoms with Gasteiger partial charge in [-0.2, -0.15) is 0 Å². The minimum absolute atomic E-state index is 0.0169. The lowest BCUT2D eigenvalue weighted by atomic mass is 10.1. The molecule has 0 fully saturated rings. The Morgan fingerprint density at radius 1 is 1.04 bits per heavy atom. The van der Waals surface area contributed by atoms with Gasteiger partial charge in [-0.1, -0.05) is 26.0 Å². The molecule has 5 heteroatoms. The van der Waals surface area contributed by atoms with E-state index in [0.29, 0.717) is 0 Å². The number of hydrogen-bond donors (Lipinski definition) is 2. The zero-order chi connectivity index (χ0) is 18.0. The van der Waals surface area contributed by atoms with E-state index in [1.165, 1.54) is 10.6 Å². The summed E-state index contributed by atoms with van der Waals surface area (Å²) >= 11 is 1.66. The molecule has 25 heavy (non-hydrogen) atoms. The average Bonchev–Trinajstić information content (AvgIpc) is 2.89. The van der Waals surface area contributed by atoms with Crippen LogP contribution < -0.4 is 15.5 Å². The molecule has 4 nitrogen and oxygen atoms in total. The number of aryl methyl sites for hydroxylation is 1. The predicted octanol–water partition coefficient (Wildman–Crippen LogP) is 4.85. The van der Waals surface area contributed by atoms with Crippen molar-refractivity contribution in [3.8, 4) is 0 Å². The fraction of sp³-hybridized carbons (Fsp3) is 0.450. The second-order valence-corrected chi connectivity index (χ2v) is 7.84. The van der Waals surface area contributed by atoms with Crippen LogP contribution in [-0.2, 0) is 0 Å². The first kappa shape index (κ1) is 17.8. The highest BCUT2D eigenvalue weighted by molar-refractivity contribution is 7.16. The van der Waals surface area contributed by atoms with E-state index in [0.717, 1.165) is 47.6 Å². The zero-order valence-electron chi connectivity index (χ0n) is 15.5. The van der Waals surface area contributed by atoms with E-state index >= 15 is 0 Å². The minimum Gasteiger partial charge on any atom is -0.372 e. The molecule has 1 amide bonds. The summed E-state index contributed by atoms with van der Waals surface area (Å²) in [4.78, 5) is 16.1. The zero-order valence-corrected chi connectivity index (χ0v) is 16.3. The van der Waals surface area contributed by atoms with Gasteiger partial charge in [0.05, 0.1) is 5.56 Å². The number of nitrogens with one attached hydrogen (secondary N) is 2. The Kier molecular flexibility index (Phi) is 5.33. The Morgan fingerprint density at radius 3 is 2.28 bits per heavy atom. The summed E-state index contributed by atoms with van der Waals surface area (Å²) in [6.07, 6.45) is 2.11. The van der Waals surface area contributed by atoms with Gasteiger partial charge in [0.2, 0.25) is 0 Å². The van der Waals surface area contributed by atoms with E-state index in [2.05, 4.69) is 60.6 Å². The van der Waals surface area contributed by atoms with Crippen LogP contribution in [0.2, 0.25) is 0 Å².